The second-order valence-electron chi connectivity index (χ2n) is 8.15. The van der Waals surface area contributed by atoms with E-state index in [1.165, 1.54) is 32.1 Å². The lowest BCUT2D eigenvalue weighted by atomic mass is 9.89. The molecule has 2 nitrogen and oxygen atoms in total. The van der Waals surface area contributed by atoms with Gasteiger partial charge in [0, 0.05) is 22.2 Å². The summed E-state index contributed by atoms with van der Waals surface area (Å²) >= 11 is 13.3. The largest absolute Gasteiger partial charge is 0.409 e. The first-order chi connectivity index (χ1) is 12.9. The number of benzene rings is 1. The first-order valence-electron chi connectivity index (χ1n) is 10.8. The zero-order chi connectivity index (χ0) is 19.9. The molecule has 0 spiro atoms. The van der Waals surface area contributed by atoms with Crippen molar-refractivity contribution in [3.8, 4) is 0 Å². The molecule has 1 atom stereocenters. The van der Waals surface area contributed by atoms with E-state index in [0.29, 0.717) is 0 Å². The predicted molar refractivity (Wildman–Crippen MR) is 122 cm³/mol. The lowest BCUT2D eigenvalue weighted by Gasteiger charge is -2.35. The fraction of sp³-hybridized carbons (Fsp3) is 0.727. The molecule has 154 valence electrons. The Balaban J connectivity index is 2.17. The zero-order valence-electron chi connectivity index (χ0n) is 17.5. The van der Waals surface area contributed by atoms with Crippen LogP contribution in [0.2, 0.25) is 28.2 Å². The molecule has 0 aromatic heterocycles. The van der Waals surface area contributed by atoms with E-state index in [1.807, 2.05) is 19.1 Å². The smallest absolute Gasteiger partial charge is 0.192 e. The summed E-state index contributed by atoms with van der Waals surface area (Å²) in [6.07, 6.45) is 6.78. The number of hydrogen-bond acceptors (Lipinski definition) is 2. The van der Waals surface area contributed by atoms with E-state index < -0.39 is 8.32 Å². The highest BCUT2D eigenvalue weighted by molar-refractivity contribution is 6.73. The summed E-state index contributed by atoms with van der Waals surface area (Å²) in [4.78, 5) is 0. The van der Waals surface area contributed by atoms with Gasteiger partial charge < -0.3 is 9.74 Å². The van der Waals surface area contributed by atoms with Gasteiger partial charge in [-0.25, -0.2) is 0 Å². The Morgan fingerprint density at radius 1 is 1.04 bits per heavy atom. The van der Waals surface area contributed by atoms with Gasteiger partial charge in [-0.2, -0.15) is 0 Å². The molecule has 0 aliphatic heterocycles. The van der Waals surface area contributed by atoms with Crippen molar-refractivity contribution in [2.24, 2.45) is 5.92 Å². The molecule has 1 unspecified atom stereocenters. The summed E-state index contributed by atoms with van der Waals surface area (Å²) < 4.78 is 6.87. The average molecular weight is 431 g/mol. The highest BCUT2D eigenvalue weighted by Gasteiger charge is 2.34. The molecule has 1 fully saturated rings. The first-order valence-corrected chi connectivity index (χ1v) is 14.1. The van der Waals surface area contributed by atoms with Crippen LogP contribution in [0.5, 0.6) is 0 Å². The molecule has 0 radical (unpaired) electrons. The van der Waals surface area contributed by atoms with Crippen LogP contribution in [0.1, 0.15) is 70.1 Å². The highest BCUT2D eigenvalue weighted by atomic mass is 35.5. The van der Waals surface area contributed by atoms with Crippen LogP contribution in [-0.4, -0.2) is 21.4 Å². The second kappa shape index (κ2) is 11.2. The van der Waals surface area contributed by atoms with Crippen molar-refractivity contribution in [1.29, 1.82) is 0 Å². The molecule has 1 aliphatic rings. The standard InChI is InChI=1S/C22H37Cl2NOSi/c1-5-27(6-2,7-3)26-21(16-25-15-18-11-9-8-10-12-18)22-19(23)13-17(4)14-20(22)24/h13-14,18,21,25H,5-12,15-16H2,1-4H3. The molecular weight excluding hydrogens is 393 g/mol. The fourth-order valence-electron chi connectivity index (χ4n) is 4.33. The lowest BCUT2D eigenvalue weighted by molar-refractivity contribution is 0.182. The number of halogens is 2. The van der Waals surface area contributed by atoms with Gasteiger partial charge in [-0.05, 0) is 68.1 Å². The van der Waals surface area contributed by atoms with E-state index in [0.717, 1.165) is 58.3 Å². The van der Waals surface area contributed by atoms with Crippen LogP contribution in [0.15, 0.2) is 12.1 Å². The van der Waals surface area contributed by atoms with Crippen LogP contribution in [0.3, 0.4) is 0 Å². The van der Waals surface area contributed by atoms with Crippen molar-refractivity contribution in [2.75, 3.05) is 13.1 Å². The van der Waals surface area contributed by atoms with Gasteiger partial charge in [0.25, 0.3) is 0 Å². The summed E-state index contributed by atoms with van der Waals surface area (Å²) in [6, 6.07) is 7.39. The van der Waals surface area contributed by atoms with E-state index >= 15 is 0 Å². The van der Waals surface area contributed by atoms with E-state index in [2.05, 4.69) is 26.1 Å². The molecule has 1 aromatic carbocycles. The minimum atomic E-state index is -1.77. The van der Waals surface area contributed by atoms with E-state index in [-0.39, 0.29) is 6.10 Å². The summed E-state index contributed by atoms with van der Waals surface area (Å²) in [5.41, 5.74) is 2.06. The van der Waals surface area contributed by atoms with Crippen LogP contribution in [0.25, 0.3) is 0 Å². The van der Waals surface area contributed by atoms with Gasteiger partial charge >= 0.3 is 0 Å². The molecule has 1 aliphatic carbocycles. The maximum absolute atomic E-state index is 6.87. The van der Waals surface area contributed by atoms with Gasteiger partial charge in [-0.3, -0.25) is 0 Å². The molecule has 0 bridgehead atoms. The van der Waals surface area contributed by atoms with Crippen LogP contribution in [-0.2, 0) is 4.43 Å². The Morgan fingerprint density at radius 3 is 2.11 bits per heavy atom. The molecular formula is C22H37Cl2NOSi. The molecule has 0 heterocycles. The number of nitrogens with one attached hydrogen (secondary N) is 1. The molecule has 0 amide bonds. The third-order valence-electron chi connectivity index (χ3n) is 6.36. The fourth-order valence-corrected chi connectivity index (χ4v) is 7.98. The maximum Gasteiger partial charge on any atom is 0.192 e. The number of rotatable bonds is 10. The molecule has 0 saturated heterocycles. The number of aryl methyl sites for hydroxylation is 1. The van der Waals surface area contributed by atoms with E-state index in [9.17, 15) is 0 Å². The van der Waals surface area contributed by atoms with Crippen molar-refractivity contribution in [1.82, 2.24) is 5.32 Å². The molecule has 27 heavy (non-hydrogen) atoms. The Bertz CT molecular complexity index is 554. The van der Waals surface area contributed by atoms with Gasteiger partial charge in [-0.1, -0.05) is 63.2 Å². The minimum Gasteiger partial charge on any atom is -0.409 e. The van der Waals surface area contributed by atoms with Gasteiger partial charge in [0.15, 0.2) is 8.32 Å². The summed E-state index contributed by atoms with van der Waals surface area (Å²) in [7, 11) is -1.77. The van der Waals surface area contributed by atoms with Crippen molar-refractivity contribution in [2.45, 2.75) is 84.0 Å². The van der Waals surface area contributed by atoms with Crippen LogP contribution >= 0.6 is 23.2 Å². The molecule has 1 aromatic rings. The van der Waals surface area contributed by atoms with Crippen LogP contribution < -0.4 is 5.32 Å². The predicted octanol–water partition coefficient (Wildman–Crippen LogP) is 7.53. The first kappa shape index (κ1) is 23.2. The second-order valence-corrected chi connectivity index (χ2v) is 13.7. The van der Waals surface area contributed by atoms with Crippen LogP contribution in [0.4, 0.5) is 0 Å². The summed E-state index contributed by atoms with van der Waals surface area (Å²) in [5.74, 6) is 0.800. The van der Waals surface area contributed by atoms with Crippen molar-refractivity contribution < 1.29 is 4.43 Å². The average Bonchev–Trinajstić information content (AvgIpc) is 2.66. The lowest BCUT2D eigenvalue weighted by Crippen LogP contribution is -2.40. The third-order valence-corrected chi connectivity index (χ3v) is 11.6. The minimum absolute atomic E-state index is 0.0688. The summed E-state index contributed by atoms with van der Waals surface area (Å²) in [5, 5.41) is 5.16. The van der Waals surface area contributed by atoms with Crippen molar-refractivity contribution >= 4 is 31.5 Å². The normalized spacial score (nSPS) is 17.3. The molecule has 1 saturated carbocycles. The highest BCUT2D eigenvalue weighted by Crippen LogP contribution is 2.37. The monoisotopic (exact) mass is 429 g/mol. The zero-order valence-corrected chi connectivity index (χ0v) is 20.1. The summed E-state index contributed by atoms with van der Waals surface area (Å²) in [6.45, 7) is 10.7. The quantitative estimate of drug-likeness (QED) is 0.387. The van der Waals surface area contributed by atoms with Crippen molar-refractivity contribution in [3.63, 3.8) is 0 Å². The van der Waals surface area contributed by atoms with Gasteiger partial charge in [0.05, 0.1) is 6.10 Å². The Kier molecular flexibility index (Phi) is 9.64. The topological polar surface area (TPSA) is 21.3 Å². The number of hydrogen-bond donors (Lipinski definition) is 1. The third kappa shape index (κ3) is 6.47. The maximum atomic E-state index is 6.87. The molecule has 5 heteroatoms. The van der Waals surface area contributed by atoms with Gasteiger partial charge in [0.1, 0.15) is 0 Å². The Morgan fingerprint density at radius 2 is 1.59 bits per heavy atom. The Labute approximate surface area is 177 Å². The van der Waals surface area contributed by atoms with Crippen molar-refractivity contribution in [3.05, 3.63) is 33.3 Å². The van der Waals surface area contributed by atoms with Crippen LogP contribution in [0, 0.1) is 12.8 Å². The molecule has 1 N–H and O–H groups in total. The SMILES string of the molecule is CC[Si](CC)(CC)OC(CNCC1CCCCC1)c1c(Cl)cc(C)cc1Cl. The van der Waals surface area contributed by atoms with Gasteiger partial charge in [-0.15, -0.1) is 0 Å². The molecule has 2 rings (SSSR count). The van der Waals surface area contributed by atoms with E-state index in [1.54, 1.807) is 0 Å². The van der Waals surface area contributed by atoms with Gasteiger partial charge in [0.2, 0.25) is 0 Å². The Hall–Kier alpha value is -0.0631. The van der Waals surface area contributed by atoms with E-state index in [4.69, 9.17) is 27.6 Å².